The number of nitrogens with zero attached hydrogens (tertiary/aromatic N) is 4. The molecule has 0 aliphatic heterocycles. The Morgan fingerprint density at radius 1 is 1.07 bits per heavy atom. The highest BCUT2D eigenvalue weighted by atomic mass is 16.1. The second-order valence-corrected chi connectivity index (χ2v) is 7.82. The standard InChI is InChI=1S/C24H23N5O/c1-16-8-9-18(23(30)25-19-10-11-19)14-21(16)17-12-13-29-22(15-17)26-27-24(29)28(2)20-6-4-3-5-7-20/h3-9,12-15,19H,10-11H2,1-2H3,(H,25,30). The van der Waals surface area contributed by atoms with Gasteiger partial charge >= 0.3 is 0 Å². The molecule has 6 nitrogen and oxygen atoms in total. The number of aromatic nitrogens is 3. The van der Waals surface area contributed by atoms with Crippen LogP contribution in [-0.2, 0) is 0 Å². The third-order valence-corrected chi connectivity index (χ3v) is 5.56. The van der Waals surface area contributed by atoms with Crippen molar-refractivity contribution in [3.05, 3.63) is 78.0 Å². The SMILES string of the molecule is Cc1ccc(C(=O)NC2CC2)cc1-c1ccn2c(N(C)c3ccccc3)nnc2c1. The van der Waals surface area contributed by atoms with Crippen molar-refractivity contribution in [2.24, 2.45) is 0 Å². The molecular weight excluding hydrogens is 374 g/mol. The lowest BCUT2D eigenvalue weighted by Crippen LogP contribution is -2.25. The molecule has 1 fully saturated rings. The first-order valence-electron chi connectivity index (χ1n) is 10.2. The van der Waals surface area contributed by atoms with Crippen LogP contribution in [0.15, 0.2) is 66.9 Å². The number of fused-ring (bicyclic) bond motifs is 1. The van der Waals surface area contributed by atoms with Crippen molar-refractivity contribution in [1.29, 1.82) is 0 Å². The van der Waals surface area contributed by atoms with Gasteiger partial charge < -0.3 is 10.2 Å². The number of carbonyl (C=O) groups is 1. The second kappa shape index (κ2) is 7.30. The molecule has 30 heavy (non-hydrogen) atoms. The molecule has 150 valence electrons. The third kappa shape index (κ3) is 3.41. The summed E-state index contributed by atoms with van der Waals surface area (Å²) in [6.07, 6.45) is 4.14. The number of pyridine rings is 1. The zero-order valence-electron chi connectivity index (χ0n) is 17.0. The smallest absolute Gasteiger partial charge is 0.251 e. The van der Waals surface area contributed by atoms with Gasteiger partial charge in [-0.3, -0.25) is 9.20 Å². The minimum Gasteiger partial charge on any atom is -0.349 e. The second-order valence-electron chi connectivity index (χ2n) is 7.82. The highest BCUT2D eigenvalue weighted by molar-refractivity contribution is 5.96. The summed E-state index contributed by atoms with van der Waals surface area (Å²) in [4.78, 5) is 14.5. The van der Waals surface area contributed by atoms with Gasteiger partial charge in [-0.05, 0) is 72.9 Å². The van der Waals surface area contributed by atoms with E-state index in [4.69, 9.17) is 0 Å². The quantitative estimate of drug-likeness (QED) is 0.543. The Morgan fingerprint density at radius 3 is 2.63 bits per heavy atom. The number of nitrogens with one attached hydrogen (secondary N) is 1. The summed E-state index contributed by atoms with van der Waals surface area (Å²) >= 11 is 0. The van der Waals surface area contributed by atoms with Gasteiger partial charge in [0.15, 0.2) is 5.65 Å². The van der Waals surface area contributed by atoms with Gasteiger partial charge in [0, 0.05) is 30.5 Å². The Kier molecular flexibility index (Phi) is 4.47. The number of hydrogen-bond acceptors (Lipinski definition) is 4. The summed E-state index contributed by atoms with van der Waals surface area (Å²) in [5.41, 5.74) is 5.65. The first-order chi connectivity index (χ1) is 14.6. The Labute approximate surface area is 175 Å². The molecule has 0 saturated heterocycles. The summed E-state index contributed by atoms with van der Waals surface area (Å²) < 4.78 is 1.97. The van der Waals surface area contributed by atoms with Crippen LogP contribution >= 0.6 is 0 Å². The number of benzene rings is 2. The number of anilines is 2. The molecule has 2 aromatic carbocycles. The van der Waals surface area contributed by atoms with Gasteiger partial charge in [0.05, 0.1) is 0 Å². The maximum atomic E-state index is 12.5. The van der Waals surface area contributed by atoms with Crippen LogP contribution in [0.25, 0.3) is 16.8 Å². The molecule has 1 aliphatic rings. The molecule has 4 aromatic rings. The highest BCUT2D eigenvalue weighted by Crippen LogP contribution is 2.28. The molecule has 0 spiro atoms. The zero-order chi connectivity index (χ0) is 20.7. The van der Waals surface area contributed by atoms with Crippen LogP contribution in [0.3, 0.4) is 0 Å². The summed E-state index contributed by atoms with van der Waals surface area (Å²) in [6.45, 7) is 2.06. The Hall–Kier alpha value is -3.67. The van der Waals surface area contributed by atoms with E-state index < -0.39 is 0 Å². The topological polar surface area (TPSA) is 62.5 Å². The Bertz CT molecular complexity index is 1230. The predicted octanol–water partition coefficient (Wildman–Crippen LogP) is 4.36. The number of rotatable bonds is 5. The van der Waals surface area contributed by atoms with Gasteiger partial charge in [0.2, 0.25) is 5.95 Å². The lowest BCUT2D eigenvalue weighted by molar-refractivity contribution is 0.0951. The van der Waals surface area contributed by atoms with E-state index in [0.717, 1.165) is 46.8 Å². The van der Waals surface area contributed by atoms with E-state index in [0.29, 0.717) is 11.6 Å². The molecule has 0 atom stereocenters. The fourth-order valence-corrected chi connectivity index (χ4v) is 3.61. The molecule has 1 saturated carbocycles. The van der Waals surface area contributed by atoms with Crippen molar-refractivity contribution in [1.82, 2.24) is 19.9 Å². The molecule has 1 N–H and O–H groups in total. The molecule has 1 amide bonds. The first kappa shape index (κ1) is 18.4. The maximum Gasteiger partial charge on any atom is 0.251 e. The Balaban J connectivity index is 1.49. The number of carbonyl (C=O) groups excluding carboxylic acids is 1. The van der Waals surface area contributed by atoms with E-state index in [2.05, 4.69) is 22.4 Å². The van der Waals surface area contributed by atoms with E-state index in [9.17, 15) is 4.79 Å². The zero-order valence-corrected chi connectivity index (χ0v) is 17.0. The van der Waals surface area contributed by atoms with Crippen molar-refractivity contribution in [2.45, 2.75) is 25.8 Å². The predicted molar refractivity (Wildman–Crippen MR) is 118 cm³/mol. The number of aryl methyl sites for hydroxylation is 1. The van der Waals surface area contributed by atoms with E-state index in [1.165, 1.54) is 0 Å². The van der Waals surface area contributed by atoms with Crippen LogP contribution in [0.4, 0.5) is 11.6 Å². The van der Waals surface area contributed by atoms with Gasteiger partial charge in [-0.25, -0.2) is 0 Å². The average Bonchev–Trinajstić information content (AvgIpc) is 3.49. The van der Waals surface area contributed by atoms with Crippen LogP contribution < -0.4 is 10.2 Å². The largest absolute Gasteiger partial charge is 0.349 e. The minimum absolute atomic E-state index is 0.00548. The Morgan fingerprint density at radius 2 is 1.87 bits per heavy atom. The highest BCUT2D eigenvalue weighted by Gasteiger charge is 2.24. The van der Waals surface area contributed by atoms with Crippen molar-refractivity contribution in [3.8, 4) is 11.1 Å². The fraction of sp³-hybridized carbons (Fsp3) is 0.208. The van der Waals surface area contributed by atoms with Crippen LogP contribution in [0.2, 0.25) is 0 Å². The van der Waals surface area contributed by atoms with Gasteiger partial charge in [0.1, 0.15) is 0 Å². The maximum absolute atomic E-state index is 12.5. The van der Waals surface area contributed by atoms with E-state index >= 15 is 0 Å². The normalized spacial score (nSPS) is 13.4. The van der Waals surface area contributed by atoms with Gasteiger partial charge in [-0.1, -0.05) is 24.3 Å². The van der Waals surface area contributed by atoms with Crippen molar-refractivity contribution < 1.29 is 4.79 Å². The number of para-hydroxylation sites is 1. The lowest BCUT2D eigenvalue weighted by atomic mass is 9.98. The molecule has 1 aliphatic carbocycles. The number of hydrogen-bond donors (Lipinski definition) is 1. The van der Waals surface area contributed by atoms with Gasteiger partial charge in [-0.2, -0.15) is 0 Å². The summed E-state index contributed by atoms with van der Waals surface area (Å²) in [6, 6.07) is 20.3. The first-order valence-corrected chi connectivity index (χ1v) is 10.2. The van der Waals surface area contributed by atoms with E-state index in [1.54, 1.807) is 0 Å². The van der Waals surface area contributed by atoms with Gasteiger partial charge in [-0.15, -0.1) is 10.2 Å². The lowest BCUT2D eigenvalue weighted by Gasteiger charge is -2.16. The van der Waals surface area contributed by atoms with E-state index in [1.807, 2.05) is 83.2 Å². The minimum atomic E-state index is -0.00548. The van der Waals surface area contributed by atoms with Crippen LogP contribution in [0, 0.1) is 6.92 Å². The monoisotopic (exact) mass is 397 g/mol. The molecular formula is C24H23N5O. The van der Waals surface area contributed by atoms with Crippen molar-refractivity contribution >= 4 is 23.2 Å². The molecule has 6 heteroatoms. The molecule has 0 unspecified atom stereocenters. The van der Waals surface area contributed by atoms with E-state index in [-0.39, 0.29) is 5.91 Å². The van der Waals surface area contributed by atoms with Crippen molar-refractivity contribution in [2.75, 3.05) is 11.9 Å². The molecule has 0 radical (unpaired) electrons. The molecule has 2 aromatic heterocycles. The summed E-state index contributed by atoms with van der Waals surface area (Å²) in [5.74, 6) is 0.742. The van der Waals surface area contributed by atoms with Crippen molar-refractivity contribution in [3.63, 3.8) is 0 Å². The van der Waals surface area contributed by atoms with Crippen LogP contribution in [-0.4, -0.2) is 33.6 Å². The average molecular weight is 397 g/mol. The molecule has 2 heterocycles. The third-order valence-electron chi connectivity index (χ3n) is 5.56. The molecule has 5 rings (SSSR count). The number of amides is 1. The molecule has 0 bridgehead atoms. The van der Waals surface area contributed by atoms with Gasteiger partial charge in [0.25, 0.3) is 5.91 Å². The summed E-state index contributed by atoms with van der Waals surface area (Å²) in [7, 11) is 1.98. The van der Waals surface area contributed by atoms with Crippen LogP contribution in [0.5, 0.6) is 0 Å². The van der Waals surface area contributed by atoms with Crippen LogP contribution in [0.1, 0.15) is 28.8 Å². The fourth-order valence-electron chi connectivity index (χ4n) is 3.61. The summed E-state index contributed by atoms with van der Waals surface area (Å²) in [5, 5.41) is 11.8.